The maximum atomic E-state index is 12.9. The molecule has 1 aromatic rings. The van der Waals surface area contributed by atoms with Crippen molar-refractivity contribution in [2.45, 2.75) is 45.1 Å². The highest BCUT2D eigenvalue weighted by Gasteiger charge is 2.40. The fourth-order valence-corrected chi connectivity index (χ4v) is 4.78. The van der Waals surface area contributed by atoms with Gasteiger partial charge in [-0.2, -0.15) is 0 Å². The van der Waals surface area contributed by atoms with E-state index in [1.165, 1.54) is 12.8 Å². The number of aryl methyl sites for hydroxylation is 1. The minimum absolute atomic E-state index is 0.0672. The van der Waals surface area contributed by atoms with Crippen LogP contribution in [0.25, 0.3) is 0 Å². The van der Waals surface area contributed by atoms with Crippen LogP contribution in [0.2, 0.25) is 0 Å². The van der Waals surface area contributed by atoms with E-state index in [0.717, 1.165) is 24.1 Å². The molecule has 1 aromatic carbocycles. The van der Waals surface area contributed by atoms with Crippen LogP contribution in [-0.4, -0.2) is 71.3 Å². The summed E-state index contributed by atoms with van der Waals surface area (Å²) in [4.78, 5) is 43.4. The predicted molar refractivity (Wildman–Crippen MR) is 110 cm³/mol. The lowest BCUT2D eigenvalue weighted by Gasteiger charge is -2.36. The number of urea groups is 1. The molecule has 3 fully saturated rings. The van der Waals surface area contributed by atoms with Gasteiger partial charge in [0.05, 0.1) is 5.92 Å². The molecule has 1 aliphatic carbocycles. The SMILES string of the molecule is Cc1cccc(NC(=O)N2CCN(C(=O)C3CC(=O)N(C4CCCC4)C3)CC2)c1. The van der Waals surface area contributed by atoms with Crippen LogP contribution in [0.5, 0.6) is 0 Å². The van der Waals surface area contributed by atoms with Gasteiger partial charge in [0.15, 0.2) is 0 Å². The lowest BCUT2D eigenvalue weighted by molar-refractivity contribution is -0.137. The van der Waals surface area contributed by atoms with Crippen LogP contribution >= 0.6 is 0 Å². The summed E-state index contributed by atoms with van der Waals surface area (Å²) in [7, 11) is 0. The van der Waals surface area contributed by atoms with Crippen LogP contribution in [0.4, 0.5) is 10.5 Å². The number of piperazine rings is 1. The summed E-state index contributed by atoms with van der Waals surface area (Å²) >= 11 is 0. The molecule has 29 heavy (non-hydrogen) atoms. The third kappa shape index (κ3) is 4.38. The Labute approximate surface area is 172 Å². The average molecular weight is 399 g/mol. The maximum absolute atomic E-state index is 12.9. The van der Waals surface area contributed by atoms with Gasteiger partial charge in [-0.25, -0.2) is 4.79 Å². The van der Waals surface area contributed by atoms with Crippen molar-refractivity contribution in [3.8, 4) is 0 Å². The lowest BCUT2D eigenvalue weighted by Crippen LogP contribution is -2.53. The molecule has 1 atom stereocenters. The first-order valence-electron chi connectivity index (χ1n) is 10.7. The average Bonchev–Trinajstić information content (AvgIpc) is 3.37. The molecule has 0 radical (unpaired) electrons. The summed E-state index contributed by atoms with van der Waals surface area (Å²) in [5, 5.41) is 2.93. The van der Waals surface area contributed by atoms with E-state index in [2.05, 4.69) is 5.32 Å². The number of carbonyl (C=O) groups is 3. The molecular weight excluding hydrogens is 368 g/mol. The number of nitrogens with one attached hydrogen (secondary N) is 1. The Bertz CT molecular complexity index is 782. The van der Waals surface area contributed by atoms with Gasteiger partial charge >= 0.3 is 6.03 Å². The van der Waals surface area contributed by atoms with Crippen molar-refractivity contribution in [2.75, 3.05) is 38.0 Å². The number of rotatable bonds is 3. The van der Waals surface area contributed by atoms with E-state index < -0.39 is 0 Å². The van der Waals surface area contributed by atoms with Crippen LogP contribution in [0.1, 0.15) is 37.7 Å². The quantitative estimate of drug-likeness (QED) is 0.850. The van der Waals surface area contributed by atoms with Gasteiger partial charge < -0.3 is 20.0 Å². The third-order valence-electron chi connectivity index (χ3n) is 6.42. The fourth-order valence-electron chi connectivity index (χ4n) is 4.78. The molecule has 7 heteroatoms. The Morgan fingerprint density at radius 1 is 1.03 bits per heavy atom. The van der Waals surface area contributed by atoms with Crippen LogP contribution in [0.15, 0.2) is 24.3 Å². The van der Waals surface area contributed by atoms with Gasteiger partial charge in [0.25, 0.3) is 0 Å². The summed E-state index contributed by atoms with van der Waals surface area (Å²) in [6.07, 6.45) is 4.84. The van der Waals surface area contributed by atoms with Crippen molar-refractivity contribution in [2.24, 2.45) is 5.92 Å². The van der Waals surface area contributed by atoms with Crippen molar-refractivity contribution in [1.29, 1.82) is 0 Å². The first kappa shape index (κ1) is 19.7. The van der Waals surface area contributed by atoms with Crippen molar-refractivity contribution in [3.05, 3.63) is 29.8 Å². The maximum Gasteiger partial charge on any atom is 0.321 e. The predicted octanol–water partition coefficient (Wildman–Crippen LogP) is 2.46. The van der Waals surface area contributed by atoms with E-state index in [0.29, 0.717) is 45.2 Å². The van der Waals surface area contributed by atoms with E-state index in [9.17, 15) is 14.4 Å². The third-order valence-corrected chi connectivity index (χ3v) is 6.42. The van der Waals surface area contributed by atoms with Gasteiger partial charge in [-0.15, -0.1) is 0 Å². The van der Waals surface area contributed by atoms with Crippen molar-refractivity contribution in [3.63, 3.8) is 0 Å². The second-order valence-electron chi connectivity index (χ2n) is 8.50. The first-order valence-corrected chi connectivity index (χ1v) is 10.7. The Kier molecular flexibility index (Phi) is 5.74. The summed E-state index contributed by atoms with van der Waals surface area (Å²) in [6, 6.07) is 7.91. The molecule has 4 amide bonds. The molecule has 1 saturated carbocycles. The highest BCUT2D eigenvalue weighted by molar-refractivity contribution is 5.91. The van der Waals surface area contributed by atoms with Crippen LogP contribution in [0, 0.1) is 12.8 Å². The van der Waals surface area contributed by atoms with Crippen molar-refractivity contribution < 1.29 is 14.4 Å². The number of carbonyl (C=O) groups excluding carboxylic acids is 3. The van der Waals surface area contributed by atoms with Crippen LogP contribution in [-0.2, 0) is 9.59 Å². The van der Waals surface area contributed by atoms with Gasteiger partial charge in [0.2, 0.25) is 11.8 Å². The molecule has 2 heterocycles. The largest absolute Gasteiger partial charge is 0.339 e. The molecule has 156 valence electrons. The molecular formula is C22H30N4O3. The van der Waals surface area contributed by atoms with Gasteiger partial charge in [-0.1, -0.05) is 25.0 Å². The number of benzene rings is 1. The fraction of sp³-hybridized carbons (Fsp3) is 0.591. The van der Waals surface area contributed by atoms with Crippen molar-refractivity contribution >= 4 is 23.5 Å². The normalized spacial score (nSPS) is 23.0. The molecule has 0 spiro atoms. The molecule has 1 unspecified atom stereocenters. The number of likely N-dealkylation sites (tertiary alicyclic amines) is 1. The molecule has 1 N–H and O–H groups in total. The summed E-state index contributed by atoms with van der Waals surface area (Å²) in [6.45, 7) is 4.62. The number of anilines is 1. The summed E-state index contributed by atoms with van der Waals surface area (Å²) < 4.78 is 0. The minimum atomic E-state index is -0.226. The number of hydrogen-bond acceptors (Lipinski definition) is 3. The van der Waals surface area contributed by atoms with Gasteiger partial charge in [-0.05, 0) is 37.5 Å². The van der Waals surface area contributed by atoms with E-state index in [1.807, 2.05) is 41.0 Å². The van der Waals surface area contributed by atoms with Crippen LogP contribution < -0.4 is 5.32 Å². The molecule has 7 nitrogen and oxygen atoms in total. The Balaban J connectivity index is 1.27. The van der Waals surface area contributed by atoms with Gasteiger partial charge in [0, 0.05) is 50.9 Å². The number of hydrogen-bond donors (Lipinski definition) is 1. The van der Waals surface area contributed by atoms with Crippen molar-refractivity contribution in [1.82, 2.24) is 14.7 Å². The molecule has 2 saturated heterocycles. The van der Waals surface area contributed by atoms with E-state index in [4.69, 9.17) is 0 Å². The standard InChI is InChI=1S/C22H30N4O3/c1-16-5-4-6-18(13-16)23-22(29)25-11-9-24(10-12-25)21(28)17-14-20(27)26(15-17)19-7-2-3-8-19/h4-6,13,17,19H,2-3,7-12,14-15H2,1H3,(H,23,29). The Morgan fingerprint density at radius 2 is 1.72 bits per heavy atom. The summed E-state index contributed by atoms with van der Waals surface area (Å²) in [5.74, 6) is -0.0280. The van der Waals surface area contributed by atoms with Crippen LogP contribution in [0.3, 0.4) is 0 Å². The monoisotopic (exact) mass is 398 g/mol. The topological polar surface area (TPSA) is 73.0 Å². The molecule has 4 rings (SSSR count). The minimum Gasteiger partial charge on any atom is -0.339 e. The van der Waals surface area contributed by atoms with Gasteiger partial charge in [-0.3, -0.25) is 9.59 Å². The smallest absolute Gasteiger partial charge is 0.321 e. The zero-order valence-electron chi connectivity index (χ0n) is 17.1. The Morgan fingerprint density at radius 3 is 2.41 bits per heavy atom. The van der Waals surface area contributed by atoms with E-state index >= 15 is 0 Å². The zero-order valence-corrected chi connectivity index (χ0v) is 17.1. The Hall–Kier alpha value is -2.57. The molecule has 3 aliphatic rings. The van der Waals surface area contributed by atoms with E-state index in [-0.39, 0.29) is 23.8 Å². The number of nitrogens with zero attached hydrogens (tertiary/aromatic N) is 3. The van der Waals surface area contributed by atoms with Gasteiger partial charge in [0.1, 0.15) is 0 Å². The molecule has 2 aliphatic heterocycles. The molecule has 0 aromatic heterocycles. The first-order chi connectivity index (χ1) is 14.0. The second kappa shape index (κ2) is 8.43. The highest BCUT2D eigenvalue weighted by atomic mass is 16.2. The second-order valence-corrected chi connectivity index (χ2v) is 8.50. The number of amides is 4. The summed E-state index contributed by atoms with van der Waals surface area (Å²) in [5.41, 5.74) is 1.88. The zero-order chi connectivity index (χ0) is 20.4. The molecule has 0 bridgehead atoms. The highest BCUT2D eigenvalue weighted by Crippen LogP contribution is 2.30. The van der Waals surface area contributed by atoms with E-state index in [1.54, 1.807) is 4.90 Å². The lowest BCUT2D eigenvalue weighted by atomic mass is 10.1.